The number of carboxylic acid groups (broad SMARTS) is 3. The van der Waals surface area contributed by atoms with Crippen molar-refractivity contribution in [2.75, 3.05) is 0 Å². The molecule has 0 heterocycles. The van der Waals surface area contributed by atoms with E-state index >= 15 is 0 Å². The van der Waals surface area contributed by atoms with E-state index in [-0.39, 0.29) is 65.6 Å². The van der Waals surface area contributed by atoms with E-state index < -0.39 is 17.9 Å². The Hall–Kier alpha value is -0.726. The zero-order chi connectivity index (χ0) is 10.7. The second-order valence-electron chi connectivity index (χ2n) is 1.56. The quantitative estimate of drug-likeness (QED) is 0.372. The molecule has 0 atom stereocenters. The van der Waals surface area contributed by atoms with Crippen molar-refractivity contribution in [1.29, 1.82) is 0 Å². The van der Waals surface area contributed by atoms with E-state index in [2.05, 4.69) is 0 Å². The van der Waals surface area contributed by atoms with Gasteiger partial charge in [0.25, 0.3) is 17.9 Å². The van der Waals surface area contributed by atoms with Gasteiger partial charge >= 0.3 is 0 Å². The van der Waals surface area contributed by atoms with Gasteiger partial charge in [0.05, 0.1) is 0 Å². The Morgan fingerprint density at radius 3 is 0.526 bits per heavy atom. The summed E-state index contributed by atoms with van der Waals surface area (Å²) in [6, 6.07) is 0. The zero-order valence-corrected chi connectivity index (χ0v) is 13.5. The average molecular weight is 377 g/mol. The molecule has 0 spiro atoms. The Balaban J connectivity index is -0.00000000675. The van der Waals surface area contributed by atoms with Gasteiger partial charge in [-0.25, -0.2) is 0 Å². The van der Waals surface area contributed by atoms with Gasteiger partial charge in [-0.05, 0) is 0 Å². The third kappa shape index (κ3) is 7640. The third-order valence-electron chi connectivity index (χ3n) is 0. The van der Waals surface area contributed by atoms with Crippen molar-refractivity contribution in [2.24, 2.45) is 0 Å². The Labute approximate surface area is 134 Å². The van der Waals surface area contributed by atoms with Crippen LogP contribution < -0.4 is 0 Å². The van der Waals surface area contributed by atoms with Crippen LogP contribution in [0.1, 0.15) is 20.8 Å². The van der Waals surface area contributed by atoms with Crippen molar-refractivity contribution in [3.05, 3.63) is 0 Å². The van der Waals surface area contributed by atoms with Crippen LogP contribution in [0.5, 0.6) is 0 Å². The molecular formula is C6H24O12Y. The molecule has 0 saturated heterocycles. The maximum Gasteiger partial charge on any atom is 0.300 e. The first kappa shape index (κ1) is 79.7. The Morgan fingerprint density at radius 1 is 0.526 bits per heavy atom. The Kier molecular flexibility index (Phi) is 280. The van der Waals surface area contributed by atoms with Crippen LogP contribution >= 0.6 is 0 Å². The van der Waals surface area contributed by atoms with E-state index in [0.29, 0.717) is 0 Å². The molecule has 1 radical (unpaired) electrons. The molecule has 0 rings (SSSR count). The molecule has 0 aliphatic carbocycles. The first-order valence-corrected chi connectivity index (χ1v) is 2.78. The summed E-state index contributed by atoms with van der Waals surface area (Å²) in [5.41, 5.74) is 0. The fourth-order valence-corrected chi connectivity index (χ4v) is 0. The number of aliphatic carboxylic acids is 3. The number of carboxylic acids is 3. The standard InChI is InChI=1S/3C2H4O2.6H2O.Y/c3*1-2(3)4;;;;;;;/h3*1H3,(H,3,4);6*1H2;. The number of hydrogen-bond acceptors (Lipinski definition) is 3. The molecule has 0 fully saturated rings. The zero-order valence-electron chi connectivity index (χ0n) is 10.6. The van der Waals surface area contributed by atoms with Gasteiger partial charge in [-0.2, -0.15) is 0 Å². The van der Waals surface area contributed by atoms with Gasteiger partial charge in [-0.1, -0.05) is 0 Å². The minimum absolute atomic E-state index is 0. The summed E-state index contributed by atoms with van der Waals surface area (Å²) in [7, 11) is 0. The smallest absolute Gasteiger partial charge is 0.300 e. The number of rotatable bonds is 0. The van der Waals surface area contributed by atoms with E-state index in [9.17, 15) is 0 Å². The van der Waals surface area contributed by atoms with E-state index in [0.717, 1.165) is 20.8 Å². The fourth-order valence-electron chi connectivity index (χ4n) is 0. The van der Waals surface area contributed by atoms with E-state index in [1.807, 2.05) is 0 Å². The van der Waals surface area contributed by atoms with Crippen LogP contribution in [0, 0.1) is 0 Å². The largest absolute Gasteiger partial charge is 0.481 e. The molecule has 0 amide bonds. The minimum atomic E-state index is -0.833. The monoisotopic (exact) mass is 377 g/mol. The van der Waals surface area contributed by atoms with Crippen molar-refractivity contribution in [3.8, 4) is 0 Å². The molecule has 0 aliphatic heterocycles. The predicted molar refractivity (Wildman–Crippen MR) is 61.6 cm³/mol. The molecule has 0 aromatic rings. The second-order valence-corrected chi connectivity index (χ2v) is 1.56. The second kappa shape index (κ2) is 66.8. The van der Waals surface area contributed by atoms with Crippen LogP contribution in [-0.4, -0.2) is 66.1 Å². The first-order valence-electron chi connectivity index (χ1n) is 2.78. The van der Waals surface area contributed by atoms with Crippen molar-refractivity contribution < 1.29 is 95.3 Å². The molecule has 0 saturated carbocycles. The first-order chi connectivity index (χ1) is 5.20. The van der Waals surface area contributed by atoms with Crippen LogP contribution in [0.25, 0.3) is 0 Å². The molecular weight excluding hydrogens is 353 g/mol. The van der Waals surface area contributed by atoms with Gasteiger partial charge in [-0.15, -0.1) is 0 Å². The third-order valence-corrected chi connectivity index (χ3v) is 0. The fraction of sp³-hybridized carbons (Fsp3) is 0.500. The topological polar surface area (TPSA) is 301 Å². The van der Waals surface area contributed by atoms with Crippen LogP contribution in [0.2, 0.25) is 0 Å². The number of carbonyl (C=O) groups is 3. The summed E-state index contributed by atoms with van der Waals surface area (Å²) in [5.74, 6) is -2.50. The van der Waals surface area contributed by atoms with Gasteiger partial charge in [0.15, 0.2) is 0 Å². The predicted octanol–water partition coefficient (Wildman–Crippen LogP) is -4.68. The Morgan fingerprint density at radius 2 is 0.526 bits per heavy atom. The molecule has 0 aromatic carbocycles. The maximum atomic E-state index is 9.00. The van der Waals surface area contributed by atoms with Gasteiger partial charge < -0.3 is 48.2 Å². The van der Waals surface area contributed by atoms with Crippen molar-refractivity contribution in [1.82, 2.24) is 0 Å². The molecule has 13 heteroatoms. The maximum absolute atomic E-state index is 9.00. The normalized spacial score (nSPS) is 3.95. The number of hydrogen-bond donors (Lipinski definition) is 3. The summed E-state index contributed by atoms with van der Waals surface area (Å²) in [5, 5.41) is 22.2. The van der Waals surface area contributed by atoms with E-state index in [4.69, 9.17) is 29.7 Å². The Bertz CT molecular complexity index is 120. The molecule has 123 valence electrons. The minimum Gasteiger partial charge on any atom is -0.481 e. The van der Waals surface area contributed by atoms with Gasteiger partial charge in [0.1, 0.15) is 0 Å². The van der Waals surface area contributed by atoms with Crippen molar-refractivity contribution in [3.63, 3.8) is 0 Å². The van der Waals surface area contributed by atoms with E-state index in [1.165, 1.54) is 0 Å². The molecule has 12 nitrogen and oxygen atoms in total. The summed E-state index contributed by atoms with van der Waals surface area (Å²) < 4.78 is 0. The molecule has 19 heavy (non-hydrogen) atoms. The van der Waals surface area contributed by atoms with E-state index in [1.54, 1.807) is 0 Å². The summed E-state index contributed by atoms with van der Waals surface area (Å²) in [6.07, 6.45) is 0. The summed E-state index contributed by atoms with van der Waals surface area (Å²) in [6.45, 7) is 3.25. The summed E-state index contributed by atoms with van der Waals surface area (Å²) in [4.78, 5) is 27.0. The molecule has 0 aliphatic rings. The van der Waals surface area contributed by atoms with Gasteiger partial charge in [-0.3, -0.25) is 14.4 Å². The summed E-state index contributed by atoms with van der Waals surface area (Å²) >= 11 is 0. The van der Waals surface area contributed by atoms with Crippen LogP contribution in [0.3, 0.4) is 0 Å². The van der Waals surface area contributed by atoms with Crippen molar-refractivity contribution >= 4 is 17.9 Å². The average Bonchev–Trinajstić information content (AvgIpc) is 1.54. The molecule has 15 N–H and O–H groups in total. The molecule has 0 aromatic heterocycles. The van der Waals surface area contributed by atoms with Crippen molar-refractivity contribution in [2.45, 2.75) is 20.8 Å². The van der Waals surface area contributed by atoms with Gasteiger partial charge in [0.2, 0.25) is 0 Å². The van der Waals surface area contributed by atoms with Crippen LogP contribution in [0.15, 0.2) is 0 Å². The van der Waals surface area contributed by atoms with Crippen LogP contribution in [-0.2, 0) is 47.1 Å². The molecule has 0 bridgehead atoms. The SMILES string of the molecule is CC(=O)O.CC(=O)O.CC(=O)O.O.O.O.O.O.O.[Y]. The van der Waals surface area contributed by atoms with Crippen LogP contribution in [0.4, 0.5) is 0 Å². The van der Waals surface area contributed by atoms with Gasteiger partial charge in [0, 0.05) is 53.5 Å². The molecule has 0 unspecified atom stereocenters.